The second-order valence-electron chi connectivity index (χ2n) is 4.36. The standard InChI is InChI=1S/C13H17N3O2/c1-8-4-3-5-10-12(8)16-11(18-10)6-7-15-13(17)9(2)14/h3-5,9H,6-7,14H2,1-2H3,(H,15,17)/t9-/m1/s1. The molecule has 2 rings (SSSR count). The van der Waals surface area contributed by atoms with E-state index >= 15 is 0 Å². The van der Waals surface area contributed by atoms with E-state index in [1.54, 1.807) is 6.92 Å². The quantitative estimate of drug-likeness (QED) is 0.849. The molecular formula is C13H17N3O2. The molecular weight excluding hydrogens is 230 g/mol. The molecule has 1 aromatic carbocycles. The average molecular weight is 247 g/mol. The van der Waals surface area contributed by atoms with Gasteiger partial charge in [0.15, 0.2) is 11.5 Å². The summed E-state index contributed by atoms with van der Waals surface area (Å²) in [6.45, 7) is 4.12. The Kier molecular flexibility index (Phi) is 3.62. The molecule has 1 heterocycles. The summed E-state index contributed by atoms with van der Waals surface area (Å²) in [5.41, 5.74) is 8.19. The smallest absolute Gasteiger partial charge is 0.236 e. The average Bonchev–Trinajstić information content (AvgIpc) is 2.73. The van der Waals surface area contributed by atoms with Crippen LogP contribution >= 0.6 is 0 Å². The molecule has 18 heavy (non-hydrogen) atoms. The van der Waals surface area contributed by atoms with Gasteiger partial charge in [0.05, 0.1) is 6.04 Å². The third-order valence-corrected chi connectivity index (χ3v) is 2.72. The van der Waals surface area contributed by atoms with Crippen LogP contribution in [-0.4, -0.2) is 23.5 Å². The van der Waals surface area contributed by atoms with Gasteiger partial charge in [0.25, 0.3) is 0 Å². The van der Waals surface area contributed by atoms with Crippen molar-refractivity contribution in [2.45, 2.75) is 26.3 Å². The summed E-state index contributed by atoms with van der Waals surface area (Å²) in [7, 11) is 0. The number of nitrogens with two attached hydrogens (primary N) is 1. The molecule has 0 spiro atoms. The van der Waals surface area contributed by atoms with Crippen LogP contribution in [0.5, 0.6) is 0 Å². The Morgan fingerprint density at radius 1 is 1.56 bits per heavy atom. The molecule has 1 amide bonds. The van der Waals surface area contributed by atoms with Crippen molar-refractivity contribution in [1.29, 1.82) is 0 Å². The van der Waals surface area contributed by atoms with E-state index in [0.717, 1.165) is 16.7 Å². The van der Waals surface area contributed by atoms with E-state index in [4.69, 9.17) is 10.2 Å². The lowest BCUT2D eigenvalue weighted by atomic mass is 10.2. The van der Waals surface area contributed by atoms with E-state index in [1.165, 1.54) is 0 Å². The Morgan fingerprint density at radius 3 is 3.00 bits per heavy atom. The van der Waals surface area contributed by atoms with Crippen molar-refractivity contribution in [1.82, 2.24) is 10.3 Å². The zero-order chi connectivity index (χ0) is 13.1. The second kappa shape index (κ2) is 5.18. The molecule has 0 saturated heterocycles. The lowest BCUT2D eigenvalue weighted by Gasteiger charge is -2.05. The second-order valence-corrected chi connectivity index (χ2v) is 4.36. The molecule has 1 aromatic heterocycles. The Balaban J connectivity index is 2.00. The predicted octanol–water partition coefficient (Wildman–Crippen LogP) is 1.14. The largest absolute Gasteiger partial charge is 0.441 e. The molecule has 2 aromatic rings. The van der Waals surface area contributed by atoms with Gasteiger partial charge in [-0.2, -0.15) is 0 Å². The van der Waals surface area contributed by atoms with E-state index in [9.17, 15) is 4.79 Å². The van der Waals surface area contributed by atoms with Gasteiger partial charge in [-0.3, -0.25) is 4.79 Å². The number of amides is 1. The van der Waals surface area contributed by atoms with E-state index in [-0.39, 0.29) is 5.91 Å². The number of hydrogen-bond acceptors (Lipinski definition) is 4. The van der Waals surface area contributed by atoms with E-state index in [0.29, 0.717) is 18.9 Å². The number of carbonyl (C=O) groups excluding carboxylic acids is 1. The number of benzene rings is 1. The first kappa shape index (κ1) is 12.6. The number of oxazole rings is 1. The first-order valence-electron chi connectivity index (χ1n) is 5.96. The van der Waals surface area contributed by atoms with Crippen molar-refractivity contribution < 1.29 is 9.21 Å². The molecule has 1 atom stereocenters. The number of nitrogens with one attached hydrogen (secondary N) is 1. The molecule has 0 unspecified atom stereocenters. The Hall–Kier alpha value is -1.88. The van der Waals surface area contributed by atoms with Crippen molar-refractivity contribution >= 4 is 17.0 Å². The molecule has 0 aliphatic heterocycles. The molecule has 0 aliphatic rings. The fraction of sp³-hybridized carbons (Fsp3) is 0.385. The molecule has 0 radical (unpaired) electrons. The number of nitrogens with zero attached hydrogens (tertiary/aromatic N) is 1. The van der Waals surface area contributed by atoms with Crippen molar-refractivity contribution in [3.63, 3.8) is 0 Å². The summed E-state index contributed by atoms with van der Waals surface area (Å²) >= 11 is 0. The van der Waals surface area contributed by atoms with Gasteiger partial charge in [-0.1, -0.05) is 12.1 Å². The van der Waals surface area contributed by atoms with Gasteiger partial charge >= 0.3 is 0 Å². The van der Waals surface area contributed by atoms with E-state index < -0.39 is 6.04 Å². The zero-order valence-electron chi connectivity index (χ0n) is 10.6. The van der Waals surface area contributed by atoms with Gasteiger partial charge in [-0.15, -0.1) is 0 Å². The Labute approximate surface area is 105 Å². The number of aryl methyl sites for hydroxylation is 1. The highest BCUT2D eigenvalue weighted by molar-refractivity contribution is 5.81. The fourth-order valence-corrected chi connectivity index (χ4v) is 1.69. The third kappa shape index (κ3) is 2.68. The molecule has 5 nitrogen and oxygen atoms in total. The predicted molar refractivity (Wildman–Crippen MR) is 69.1 cm³/mol. The number of fused-ring (bicyclic) bond motifs is 1. The van der Waals surface area contributed by atoms with Crippen LogP contribution in [0.15, 0.2) is 22.6 Å². The van der Waals surface area contributed by atoms with E-state index in [1.807, 2.05) is 25.1 Å². The first-order chi connectivity index (χ1) is 8.58. The number of carbonyl (C=O) groups is 1. The molecule has 3 N–H and O–H groups in total. The highest BCUT2D eigenvalue weighted by Gasteiger charge is 2.09. The van der Waals surface area contributed by atoms with Crippen LogP contribution in [0.2, 0.25) is 0 Å². The van der Waals surface area contributed by atoms with Gasteiger partial charge in [0, 0.05) is 13.0 Å². The van der Waals surface area contributed by atoms with Crippen molar-refractivity contribution in [3.05, 3.63) is 29.7 Å². The number of rotatable bonds is 4. The minimum Gasteiger partial charge on any atom is -0.441 e. The van der Waals surface area contributed by atoms with Crippen molar-refractivity contribution in [2.75, 3.05) is 6.54 Å². The molecule has 0 aliphatic carbocycles. The minimum absolute atomic E-state index is 0.165. The monoisotopic (exact) mass is 247 g/mol. The number of para-hydroxylation sites is 1. The highest BCUT2D eigenvalue weighted by Crippen LogP contribution is 2.18. The van der Waals surface area contributed by atoms with Crippen LogP contribution in [0, 0.1) is 6.92 Å². The summed E-state index contributed by atoms with van der Waals surface area (Å²) in [6.07, 6.45) is 0.562. The van der Waals surface area contributed by atoms with Gasteiger partial charge in [-0.05, 0) is 25.5 Å². The lowest BCUT2D eigenvalue weighted by molar-refractivity contribution is -0.121. The SMILES string of the molecule is Cc1cccc2oc(CCNC(=O)[C@@H](C)N)nc12. The normalized spacial score (nSPS) is 12.6. The van der Waals surface area contributed by atoms with Crippen LogP contribution in [0.3, 0.4) is 0 Å². The van der Waals surface area contributed by atoms with Crippen LogP contribution in [0.25, 0.3) is 11.1 Å². The maximum Gasteiger partial charge on any atom is 0.236 e. The summed E-state index contributed by atoms with van der Waals surface area (Å²) in [4.78, 5) is 15.7. The van der Waals surface area contributed by atoms with Crippen molar-refractivity contribution in [2.24, 2.45) is 5.73 Å². The summed E-state index contributed by atoms with van der Waals surface area (Å²) < 4.78 is 5.60. The topological polar surface area (TPSA) is 81.2 Å². The van der Waals surface area contributed by atoms with Gasteiger partial charge in [0.1, 0.15) is 5.52 Å². The maximum absolute atomic E-state index is 11.3. The molecule has 5 heteroatoms. The highest BCUT2D eigenvalue weighted by atomic mass is 16.3. The zero-order valence-corrected chi connectivity index (χ0v) is 10.6. The molecule has 0 fully saturated rings. The van der Waals surface area contributed by atoms with Crippen LogP contribution < -0.4 is 11.1 Å². The molecule has 0 saturated carbocycles. The lowest BCUT2D eigenvalue weighted by Crippen LogP contribution is -2.39. The number of aromatic nitrogens is 1. The Morgan fingerprint density at radius 2 is 2.33 bits per heavy atom. The third-order valence-electron chi connectivity index (χ3n) is 2.72. The fourth-order valence-electron chi connectivity index (χ4n) is 1.69. The minimum atomic E-state index is -0.490. The number of hydrogen-bond donors (Lipinski definition) is 2. The van der Waals surface area contributed by atoms with Gasteiger partial charge in [0.2, 0.25) is 5.91 Å². The summed E-state index contributed by atoms with van der Waals surface area (Å²) in [6, 6.07) is 5.33. The molecule has 96 valence electrons. The first-order valence-corrected chi connectivity index (χ1v) is 5.96. The van der Waals surface area contributed by atoms with Crippen LogP contribution in [0.1, 0.15) is 18.4 Å². The van der Waals surface area contributed by atoms with Gasteiger partial charge in [-0.25, -0.2) is 4.98 Å². The van der Waals surface area contributed by atoms with Crippen LogP contribution in [0.4, 0.5) is 0 Å². The van der Waals surface area contributed by atoms with Crippen molar-refractivity contribution in [3.8, 4) is 0 Å². The van der Waals surface area contributed by atoms with Crippen LogP contribution in [-0.2, 0) is 11.2 Å². The van der Waals surface area contributed by atoms with E-state index in [2.05, 4.69) is 10.3 Å². The van der Waals surface area contributed by atoms with Gasteiger partial charge < -0.3 is 15.5 Å². The summed E-state index contributed by atoms with van der Waals surface area (Å²) in [5, 5.41) is 2.73. The maximum atomic E-state index is 11.3. The molecule has 0 bridgehead atoms. The summed E-state index contributed by atoms with van der Waals surface area (Å²) in [5.74, 6) is 0.464. The Bertz CT molecular complexity index is 560.